The second-order valence-electron chi connectivity index (χ2n) is 5.75. The molecule has 0 aromatic carbocycles. The van der Waals surface area contributed by atoms with Gasteiger partial charge in [0, 0.05) is 19.2 Å². The summed E-state index contributed by atoms with van der Waals surface area (Å²) in [6, 6.07) is 0.745. The Morgan fingerprint density at radius 1 is 1.33 bits per heavy atom. The summed E-state index contributed by atoms with van der Waals surface area (Å²) in [5.74, 6) is 0.911. The molecule has 0 aromatic heterocycles. The number of hydrogen-bond acceptors (Lipinski definition) is 2. The van der Waals surface area contributed by atoms with Gasteiger partial charge in [-0.25, -0.2) is 0 Å². The molecule has 0 aromatic rings. The molecule has 88 valence electrons. The first-order valence-corrected chi connectivity index (χ1v) is 6.55. The molecule has 0 amide bonds. The summed E-state index contributed by atoms with van der Waals surface area (Å²) >= 11 is 0. The molecule has 2 fully saturated rings. The Bertz CT molecular complexity index is 199. The standard InChI is InChI=1S/C13H25NO/c1-11-5-3-6-12(9-11)14-10-13(2)7-4-8-15-13/h11-12,14H,3-10H2,1-2H3. The highest BCUT2D eigenvalue weighted by molar-refractivity contribution is 4.85. The molecule has 1 saturated carbocycles. The van der Waals surface area contributed by atoms with E-state index in [1.807, 2.05) is 0 Å². The Balaban J connectivity index is 1.72. The third-order valence-electron chi connectivity index (χ3n) is 4.00. The Kier molecular flexibility index (Phi) is 3.68. The molecule has 1 saturated heterocycles. The predicted molar refractivity (Wildman–Crippen MR) is 63.0 cm³/mol. The monoisotopic (exact) mass is 211 g/mol. The molecule has 3 atom stereocenters. The molecule has 1 heterocycles. The zero-order valence-corrected chi connectivity index (χ0v) is 10.2. The minimum Gasteiger partial charge on any atom is -0.374 e. The molecular weight excluding hydrogens is 186 g/mol. The lowest BCUT2D eigenvalue weighted by Gasteiger charge is -2.31. The molecule has 0 radical (unpaired) electrons. The summed E-state index contributed by atoms with van der Waals surface area (Å²) < 4.78 is 5.80. The lowest BCUT2D eigenvalue weighted by molar-refractivity contribution is 0.0172. The minimum atomic E-state index is 0.126. The van der Waals surface area contributed by atoms with Crippen molar-refractivity contribution in [2.75, 3.05) is 13.2 Å². The Labute approximate surface area is 93.8 Å². The van der Waals surface area contributed by atoms with Crippen molar-refractivity contribution in [1.29, 1.82) is 0 Å². The molecule has 2 nitrogen and oxygen atoms in total. The van der Waals surface area contributed by atoms with Gasteiger partial charge in [0.25, 0.3) is 0 Å². The van der Waals surface area contributed by atoms with Crippen molar-refractivity contribution >= 4 is 0 Å². The van der Waals surface area contributed by atoms with Crippen molar-refractivity contribution in [3.05, 3.63) is 0 Å². The third-order valence-corrected chi connectivity index (χ3v) is 4.00. The van der Waals surface area contributed by atoms with Gasteiger partial charge in [-0.2, -0.15) is 0 Å². The van der Waals surface area contributed by atoms with Gasteiger partial charge in [-0.15, -0.1) is 0 Å². The Morgan fingerprint density at radius 3 is 2.87 bits per heavy atom. The van der Waals surface area contributed by atoms with Gasteiger partial charge in [0.2, 0.25) is 0 Å². The van der Waals surface area contributed by atoms with Crippen molar-refractivity contribution < 1.29 is 4.74 Å². The second-order valence-corrected chi connectivity index (χ2v) is 5.75. The van der Waals surface area contributed by atoms with Crippen LogP contribution in [0.25, 0.3) is 0 Å². The molecule has 2 rings (SSSR count). The van der Waals surface area contributed by atoms with E-state index >= 15 is 0 Å². The molecule has 2 aliphatic rings. The summed E-state index contributed by atoms with van der Waals surface area (Å²) in [4.78, 5) is 0. The van der Waals surface area contributed by atoms with Crippen molar-refractivity contribution in [2.45, 2.75) is 64.0 Å². The first-order valence-electron chi connectivity index (χ1n) is 6.55. The van der Waals surface area contributed by atoms with Gasteiger partial charge in [0.15, 0.2) is 0 Å². The number of hydrogen-bond donors (Lipinski definition) is 1. The number of rotatable bonds is 3. The number of nitrogens with one attached hydrogen (secondary N) is 1. The molecule has 15 heavy (non-hydrogen) atoms. The van der Waals surface area contributed by atoms with Crippen molar-refractivity contribution in [1.82, 2.24) is 5.32 Å². The zero-order valence-electron chi connectivity index (χ0n) is 10.2. The summed E-state index contributed by atoms with van der Waals surface area (Å²) in [6.45, 7) is 6.63. The van der Waals surface area contributed by atoms with Crippen LogP contribution in [0, 0.1) is 5.92 Å². The Morgan fingerprint density at radius 2 is 2.20 bits per heavy atom. The molecular formula is C13H25NO. The van der Waals surface area contributed by atoms with Crippen LogP contribution in [-0.2, 0) is 4.74 Å². The van der Waals surface area contributed by atoms with E-state index in [1.165, 1.54) is 38.5 Å². The summed E-state index contributed by atoms with van der Waals surface area (Å²) in [7, 11) is 0. The second kappa shape index (κ2) is 4.84. The maximum atomic E-state index is 5.80. The van der Waals surface area contributed by atoms with Gasteiger partial charge in [-0.3, -0.25) is 0 Å². The van der Waals surface area contributed by atoms with Crippen LogP contribution in [0.3, 0.4) is 0 Å². The summed E-state index contributed by atoms with van der Waals surface area (Å²) in [5, 5.41) is 3.71. The topological polar surface area (TPSA) is 21.3 Å². The van der Waals surface area contributed by atoms with E-state index in [0.717, 1.165) is 25.1 Å². The van der Waals surface area contributed by atoms with Crippen LogP contribution in [0.15, 0.2) is 0 Å². The van der Waals surface area contributed by atoms with E-state index in [2.05, 4.69) is 19.2 Å². The van der Waals surface area contributed by atoms with Gasteiger partial charge in [0.1, 0.15) is 0 Å². The van der Waals surface area contributed by atoms with E-state index in [4.69, 9.17) is 4.74 Å². The minimum absolute atomic E-state index is 0.126. The first kappa shape index (κ1) is 11.4. The fourth-order valence-corrected chi connectivity index (χ4v) is 2.96. The van der Waals surface area contributed by atoms with E-state index < -0.39 is 0 Å². The van der Waals surface area contributed by atoms with Gasteiger partial charge >= 0.3 is 0 Å². The van der Waals surface area contributed by atoms with Gasteiger partial charge in [-0.05, 0) is 38.5 Å². The van der Waals surface area contributed by atoms with Gasteiger partial charge in [0.05, 0.1) is 5.60 Å². The quantitative estimate of drug-likeness (QED) is 0.775. The van der Waals surface area contributed by atoms with Crippen LogP contribution in [0.5, 0.6) is 0 Å². The molecule has 0 bridgehead atoms. The zero-order chi connectivity index (χ0) is 10.7. The fourth-order valence-electron chi connectivity index (χ4n) is 2.96. The lowest BCUT2D eigenvalue weighted by atomic mass is 9.86. The smallest absolute Gasteiger partial charge is 0.0779 e. The highest BCUT2D eigenvalue weighted by atomic mass is 16.5. The van der Waals surface area contributed by atoms with Crippen LogP contribution in [0.2, 0.25) is 0 Å². The normalized spacial score (nSPS) is 42.0. The van der Waals surface area contributed by atoms with E-state index in [1.54, 1.807) is 0 Å². The Hall–Kier alpha value is -0.0800. The lowest BCUT2D eigenvalue weighted by Crippen LogP contribution is -2.43. The van der Waals surface area contributed by atoms with Crippen LogP contribution in [0.4, 0.5) is 0 Å². The van der Waals surface area contributed by atoms with E-state index in [0.29, 0.717) is 0 Å². The highest BCUT2D eigenvalue weighted by Crippen LogP contribution is 2.27. The molecule has 1 aliphatic carbocycles. The number of ether oxygens (including phenoxy) is 1. The predicted octanol–water partition coefficient (Wildman–Crippen LogP) is 2.72. The van der Waals surface area contributed by atoms with Gasteiger partial charge in [-0.1, -0.05) is 19.8 Å². The fraction of sp³-hybridized carbons (Fsp3) is 1.00. The van der Waals surface area contributed by atoms with Crippen LogP contribution >= 0.6 is 0 Å². The summed E-state index contributed by atoms with van der Waals surface area (Å²) in [5.41, 5.74) is 0.126. The largest absolute Gasteiger partial charge is 0.374 e. The molecule has 1 N–H and O–H groups in total. The van der Waals surface area contributed by atoms with Crippen LogP contribution in [0.1, 0.15) is 52.4 Å². The van der Waals surface area contributed by atoms with E-state index in [9.17, 15) is 0 Å². The van der Waals surface area contributed by atoms with Crippen LogP contribution in [-0.4, -0.2) is 24.8 Å². The highest BCUT2D eigenvalue weighted by Gasteiger charge is 2.30. The SMILES string of the molecule is CC1CCCC(NCC2(C)CCCO2)C1. The average Bonchev–Trinajstić information content (AvgIpc) is 2.63. The van der Waals surface area contributed by atoms with Gasteiger partial charge < -0.3 is 10.1 Å². The van der Waals surface area contributed by atoms with Crippen molar-refractivity contribution in [3.8, 4) is 0 Å². The molecule has 3 unspecified atom stereocenters. The maximum absolute atomic E-state index is 5.80. The molecule has 1 aliphatic heterocycles. The summed E-state index contributed by atoms with van der Waals surface area (Å²) in [6.07, 6.45) is 8.00. The average molecular weight is 211 g/mol. The first-order chi connectivity index (χ1) is 7.18. The molecule has 2 heteroatoms. The van der Waals surface area contributed by atoms with Crippen LogP contribution < -0.4 is 5.32 Å². The van der Waals surface area contributed by atoms with Crippen molar-refractivity contribution in [2.24, 2.45) is 5.92 Å². The third kappa shape index (κ3) is 3.18. The maximum Gasteiger partial charge on any atom is 0.0779 e. The van der Waals surface area contributed by atoms with E-state index in [-0.39, 0.29) is 5.60 Å². The van der Waals surface area contributed by atoms with Crippen molar-refractivity contribution in [3.63, 3.8) is 0 Å². The molecule has 0 spiro atoms.